The van der Waals surface area contributed by atoms with Crippen LogP contribution in [0.25, 0.3) is 16.9 Å². The molecule has 116 valence electrons. The van der Waals surface area contributed by atoms with E-state index >= 15 is 0 Å². The minimum absolute atomic E-state index is 0.141. The molecule has 3 aromatic rings. The Morgan fingerprint density at radius 2 is 1.70 bits per heavy atom. The molecule has 2 N–H and O–H groups in total. The molecule has 0 spiro atoms. The molecule has 0 amide bonds. The largest absolute Gasteiger partial charge is 0.508 e. The molecule has 0 unspecified atom stereocenters. The van der Waals surface area contributed by atoms with Crippen molar-refractivity contribution in [3.05, 3.63) is 71.4 Å². The van der Waals surface area contributed by atoms with Gasteiger partial charge in [-0.1, -0.05) is 35.9 Å². The van der Waals surface area contributed by atoms with Crippen molar-refractivity contribution in [2.75, 3.05) is 0 Å². The van der Waals surface area contributed by atoms with Crippen molar-refractivity contribution in [2.45, 2.75) is 13.8 Å². The van der Waals surface area contributed by atoms with Crippen molar-refractivity contribution in [1.82, 2.24) is 4.57 Å². The molecular weight excluding hydrogens is 290 g/mol. The first kappa shape index (κ1) is 14.9. The van der Waals surface area contributed by atoms with Crippen molar-refractivity contribution in [2.24, 2.45) is 0 Å². The molecular formula is C19H17NO3. The Bertz CT molecular complexity index is 876. The number of rotatable bonds is 3. The smallest absolute Gasteiger partial charge is 0.337 e. The maximum Gasteiger partial charge on any atom is 0.337 e. The van der Waals surface area contributed by atoms with Gasteiger partial charge in [0.2, 0.25) is 0 Å². The first-order valence-corrected chi connectivity index (χ1v) is 7.29. The summed E-state index contributed by atoms with van der Waals surface area (Å²) in [5.41, 5.74) is 4.45. The quantitative estimate of drug-likeness (QED) is 0.763. The summed E-state index contributed by atoms with van der Waals surface area (Å²) in [4.78, 5) is 11.5. The van der Waals surface area contributed by atoms with Crippen LogP contribution in [-0.4, -0.2) is 20.7 Å². The van der Waals surface area contributed by atoms with Gasteiger partial charge in [-0.05, 0) is 37.6 Å². The van der Waals surface area contributed by atoms with Crippen LogP contribution in [0.5, 0.6) is 5.75 Å². The second-order valence-corrected chi connectivity index (χ2v) is 5.56. The molecule has 0 radical (unpaired) electrons. The number of aromatic nitrogens is 1. The average Bonchev–Trinajstić information content (AvgIpc) is 2.85. The Morgan fingerprint density at radius 1 is 1.00 bits per heavy atom. The lowest BCUT2D eigenvalue weighted by Gasteiger charge is -2.12. The molecule has 4 nitrogen and oxygen atoms in total. The fraction of sp³-hybridized carbons (Fsp3) is 0.105. The van der Waals surface area contributed by atoms with Crippen molar-refractivity contribution >= 4 is 5.97 Å². The fourth-order valence-corrected chi connectivity index (χ4v) is 2.72. The van der Waals surface area contributed by atoms with Crippen LogP contribution in [0.4, 0.5) is 0 Å². The van der Waals surface area contributed by atoms with Crippen LogP contribution < -0.4 is 0 Å². The average molecular weight is 307 g/mol. The van der Waals surface area contributed by atoms with E-state index in [9.17, 15) is 15.0 Å². The fourth-order valence-electron chi connectivity index (χ4n) is 2.72. The van der Waals surface area contributed by atoms with Crippen LogP contribution in [0, 0.1) is 13.8 Å². The number of benzene rings is 2. The number of hydrogen-bond acceptors (Lipinski definition) is 2. The number of hydrogen-bond donors (Lipinski definition) is 2. The van der Waals surface area contributed by atoms with Crippen LogP contribution in [0.3, 0.4) is 0 Å². The minimum Gasteiger partial charge on any atom is -0.508 e. The number of aromatic hydroxyl groups is 1. The minimum atomic E-state index is -0.963. The van der Waals surface area contributed by atoms with Crippen molar-refractivity contribution < 1.29 is 15.0 Å². The highest BCUT2D eigenvalue weighted by molar-refractivity contribution is 5.91. The lowest BCUT2D eigenvalue weighted by Crippen LogP contribution is -2.02. The normalized spacial score (nSPS) is 10.7. The van der Waals surface area contributed by atoms with E-state index in [2.05, 4.69) is 0 Å². The van der Waals surface area contributed by atoms with Crippen molar-refractivity contribution in [3.8, 4) is 22.7 Å². The predicted molar refractivity (Wildman–Crippen MR) is 89.3 cm³/mol. The molecule has 0 saturated heterocycles. The molecule has 0 aliphatic heterocycles. The Labute approximate surface area is 134 Å². The monoisotopic (exact) mass is 307 g/mol. The summed E-state index contributed by atoms with van der Waals surface area (Å²) in [5, 5.41) is 19.2. The Balaban J connectivity index is 2.28. The third-order valence-electron chi connectivity index (χ3n) is 3.91. The standard InChI is InChI=1S/C19H17NO3/c1-12-6-8-14(9-7-12)18-11-17(19(22)23)13(2)20(18)15-4-3-5-16(21)10-15/h3-11,21H,1-2H3,(H,22,23). The van der Waals surface area contributed by atoms with Gasteiger partial charge >= 0.3 is 5.97 Å². The summed E-state index contributed by atoms with van der Waals surface area (Å²) >= 11 is 0. The number of aryl methyl sites for hydroxylation is 1. The zero-order valence-corrected chi connectivity index (χ0v) is 12.9. The molecule has 1 aromatic heterocycles. The maximum absolute atomic E-state index is 11.5. The zero-order valence-electron chi connectivity index (χ0n) is 12.9. The highest BCUT2D eigenvalue weighted by Gasteiger charge is 2.19. The summed E-state index contributed by atoms with van der Waals surface area (Å²) in [5.74, 6) is -0.822. The lowest BCUT2D eigenvalue weighted by molar-refractivity contribution is 0.0696. The zero-order chi connectivity index (χ0) is 16.6. The van der Waals surface area contributed by atoms with E-state index in [1.165, 1.54) is 0 Å². The number of phenols is 1. The van der Waals surface area contributed by atoms with Crippen LogP contribution in [0.1, 0.15) is 21.6 Å². The van der Waals surface area contributed by atoms with E-state index < -0.39 is 5.97 Å². The molecule has 0 bridgehead atoms. The number of phenolic OH excluding ortho intramolecular Hbond substituents is 1. The third-order valence-corrected chi connectivity index (χ3v) is 3.91. The topological polar surface area (TPSA) is 62.5 Å². The summed E-state index contributed by atoms with van der Waals surface area (Å²) in [6, 6.07) is 16.4. The van der Waals surface area contributed by atoms with Gasteiger partial charge in [-0.3, -0.25) is 0 Å². The van der Waals surface area contributed by atoms with Gasteiger partial charge in [0, 0.05) is 17.4 Å². The number of carbonyl (C=O) groups is 1. The van der Waals surface area contributed by atoms with Crippen LogP contribution in [0.2, 0.25) is 0 Å². The Morgan fingerprint density at radius 3 is 2.30 bits per heavy atom. The molecule has 1 heterocycles. The Hall–Kier alpha value is -3.01. The van der Waals surface area contributed by atoms with Gasteiger partial charge in [0.25, 0.3) is 0 Å². The molecule has 4 heteroatoms. The van der Waals surface area contributed by atoms with Gasteiger partial charge in [-0.25, -0.2) is 4.79 Å². The second-order valence-electron chi connectivity index (χ2n) is 5.56. The SMILES string of the molecule is Cc1ccc(-c2cc(C(=O)O)c(C)n2-c2cccc(O)c2)cc1. The second kappa shape index (κ2) is 5.65. The highest BCUT2D eigenvalue weighted by atomic mass is 16.4. The molecule has 0 fully saturated rings. The van der Waals surface area contributed by atoms with Crippen LogP contribution >= 0.6 is 0 Å². The number of nitrogens with zero attached hydrogens (tertiary/aromatic N) is 1. The van der Waals surface area contributed by atoms with Gasteiger partial charge in [-0.2, -0.15) is 0 Å². The third kappa shape index (κ3) is 2.71. The van der Waals surface area contributed by atoms with Crippen LogP contribution in [0.15, 0.2) is 54.6 Å². The summed E-state index contributed by atoms with van der Waals surface area (Å²) < 4.78 is 1.86. The molecule has 0 aliphatic carbocycles. The van der Waals surface area contributed by atoms with E-state index in [1.54, 1.807) is 31.2 Å². The van der Waals surface area contributed by atoms with Crippen molar-refractivity contribution in [3.63, 3.8) is 0 Å². The summed E-state index contributed by atoms with van der Waals surface area (Å²) in [7, 11) is 0. The van der Waals surface area contributed by atoms with E-state index in [4.69, 9.17) is 0 Å². The van der Waals surface area contributed by atoms with E-state index in [0.29, 0.717) is 5.69 Å². The van der Waals surface area contributed by atoms with Crippen LogP contribution in [-0.2, 0) is 0 Å². The van der Waals surface area contributed by atoms with Gasteiger partial charge < -0.3 is 14.8 Å². The predicted octanol–water partition coefficient (Wildman–Crippen LogP) is 4.16. The number of aromatic carboxylic acids is 1. The van der Waals surface area contributed by atoms with Gasteiger partial charge in [0.05, 0.1) is 11.3 Å². The van der Waals surface area contributed by atoms with E-state index in [1.807, 2.05) is 41.8 Å². The summed E-state index contributed by atoms with van der Waals surface area (Å²) in [6.07, 6.45) is 0. The lowest BCUT2D eigenvalue weighted by atomic mass is 10.1. The van der Waals surface area contributed by atoms with Gasteiger partial charge in [0.1, 0.15) is 5.75 Å². The van der Waals surface area contributed by atoms with E-state index in [-0.39, 0.29) is 11.3 Å². The van der Waals surface area contributed by atoms with Gasteiger partial charge in [0.15, 0.2) is 0 Å². The first-order valence-electron chi connectivity index (χ1n) is 7.29. The molecule has 0 saturated carbocycles. The molecule has 23 heavy (non-hydrogen) atoms. The summed E-state index contributed by atoms with van der Waals surface area (Å²) in [6.45, 7) is 3.77. The first-order chi connectivity index (χ1) is 11.0. The number of carboxylic acid groups (broad SMARTS) is 1. The molecule has 2 aromatic carbocycles. The molecule has 0 atom stereocenters. The van der Waals surface area contributed by atoms with E-state index in [0.717, 1.165) is 22.5 Å². The molecule has 0 aliphatic rings. The molecule has 3 rings (SSSR count). The number of carboxylic acids is 1. The Kier molecular flexibility index (Phi) is 3.66. The van der Waals surface area contributed by atoms with Crippen molar-refractivity contribution in [1.29, 1.82) is 0 Å². The highest BCUT2D eigenvalue weighted by Crippen LogP contribution is 2.30. The maximum atomic E-state index is 11.5. The van der Waals surface area contributed by atoms with Gasteiger partial charge in [-0.15, -0.1) is 0 Å².